The van der Waals surface area contributed by atoms with Crippen LogP contribution in [0.2, 0.25) is 0 Å². The molecule has 29 heavy (non-hydrogen) atoms. The number of ketones is 1. The third kappa shape index (κ3) is 4.07. The number of amides is 1. The number of aryl methyl sites for hydroxylation is 1. The van der Waals surface area contributed by atoms with E-state index < -0.39 is 5.97 Å². The molecule has 0 aliphatic carbocycles. The molecular formula is C21H23N3O4S. The van der Waals surface area contributed by atoms with Crippen molar-refractivity contribution < 1.29 is 19.1 Å². The van der Waals surface area contributed by atoms with Gasteiger partial charge in [0.15, 0.2) is 5.78 Å². The Kier molecular flexibility index (Phi) is 6.12. The second-order valence-corrected chi connectivity index (χ2v) is 7.56. The number of rotatable bonds is 7. The van der Waals surface area contributed by atoms with Gasteiger partial charge >= 0.3 is 5.97 Å². The fourth-order valence-corrected chi connectivity index (χ4v) is 4.37. The van der Waals surface area contributed by atoms with Crippen LogP contribution in [0.4, 0.5) is 5.00 Å². The van der Waals surface area contributed by atoms with Crippen molar-refractivity contribution in [3.63, 3.8) is 0 Å². The molecule has 1 N–H and O–H groups in total. The first-order valence-electron chi connectivity index (χ1n) is 9.42. The molecule has 1 amide bonds. The number of carbonyl (C=O) groups excluding carboxylic acids is 3. The number of benzene rings is 1. The largest absolute Gasteiger partial charge is 0.462 e. The Labute approximate surface area is 172 Å². The number of fused-ring (bicyclic) bond motifs is 1. The quantitative estimate of drug-likeness (QED) is 0.467. The number of nitrogens with zero attached hydrogens (tertiary/aromatic N) is 2. The monoisotopic (exact) mass is 413 g/mol. The summed E-state index contributed by atoms with van der Waals surface area (Å²) >= 11 is 1.10. The molecule has 0 aliphatic heterocycles. The minimum absolute atomic E-state index is 0.0539. The van der Waals surface area contributed by atoms with E-state index in [1.54, 1.807) is 13.8 Å². The van der Waals surface area contributed by atoms with Crippen molar-refractivity contribution in [1.29, 1.82) is 0 Å². The molecule has 3 rings (SSSR count). The van der Waals surface area contributed by atoms with Crippen molar-refractivity contribution in [3.8, 4) is 0 Å². The Morgan fingerprint density at radius 1 is 1.21 bits per heavy atom. The highest BCUT2D eigenvalue weighted by Crippen LogP contribution is 2.34. The number of Topliss-reactive ketones (excluding diaryl/α,β-unsaturated/α-hetero) is 1. The molecule has 0 aliphatic rings. The van der Waals surface area contributed by atoms with Crippen molar-refractivity contribution in [3.05, 3.63) is 46.1 Å². The lowest BCUT2D eigenvalue weighted by molar-refractivity contribution is -0.116. The molecule has 8 heteroatoms. The van der Waals surface area contributed by atoms with E-state index in [4.69, 9.17) is 4.74 Å². The van der Waals surface area contributed by atoms with Crippen molar-refractivity contribution in [2.24, 2.45) is 0 Å². The third-order valence-corrected chi connectivity index (χ3v) is 5.86. The maximum atomic E-state index is 12.8. The van der Waals surface area contributed by atoms with Gasteiger partial charge in [-0.25, -0.2) is 9.78 Å². The molecule has 7 nitrogen and oxygen atoms in total. The van der Waals surface area contributed by atoms with Crippen LogP contribution in [0.15, 0.2) is 24.3 Å². The van der Waals surface area contributed by atoms with E-state index in [0.717, 1.165) is 28.2 Å². The molecule has 3 aromatic rings. The summed E-state index contributed by atoms with van der Waals surface area (Å²) in [6.07, 6.45) is 0.683. The van der Waals surface area contributed by atoms with E-state index in [2.05, 4.69) is 10.3 Å². The van der Waals surface area contributed by atoms with Crippen molar-refractivity contribution in [2.45, 2.75) is 40.7 Å². The van der Waals surface area contributed by atoms with Crippen LogP contribution < -0.4 is 5.32 Å². The van der Waals surface area contributed by atoms with Crippen LogP contribution in [0.3, 0.4) is 0 Å². The summed E-state index contributed by atoms with van der Waals surface area (Å²) in [6, 6.07) is 7.63. The molecule has 0 unspecified atom stereocenters. The number of nitrogens with one attached hydrogen (secondary N) is 1. The Morgan fingerprint density at radius 2 is 1.93 bits per heavy atom. The molecule has 0 fully saturated rings. The molecule has 0 atom stereocenters. The van der Waals surface area contributed by atoms with Crippen LogP contribution in [0.1, 0.15) is 52.2 Å². The number of carbonyl (C=O) groups is 3. The normalized spacial score (nSPS) is 10.9. The van der Waals surface area contributed by atoms with Crippen LogP contribution in [0.25, 0.3) is 11.0 Å². The van der Waals surface area contributed by atoms with Gasteiger partial charge in [0, 0.05) is 6.42 Å². The van der Waals surface area contributed by atoms with Gasteiger partial charge in [0.2, 0.25) is 5.91 Å². The van der Waals surface area contributed by atoms with Crippen molar-refractivity contribution in [2.75, 3.05) is 11.9 Å². The predicted octanol–water partition coefficient (Wildman–Crippen LogP) is 3.99. The van der Waals surface area contributed by atoms with Crippen LogP contribution in [-0.4, -0.2) is 33.8 Å². The fourth-order valence-electron chi connectivity index (χ4n) is 3.27. The highest BCUT2D eigenvalue weighted by molar-refractivity contribution is 7.18. The van der Waals surface area contributed by atoms with Crippen LogP contribution >= 0.6 is 11.3 Å². The minimum Gasteiger partial charge on any atom is -0.462 e. The van der Waals surface area contributed by atoms with Crippen molar-refractivity contribution >= 4 is 45.0 Å². The zero-order valence-corrected chi connectivity index (χ0v) is 17.7. The Bertz CT molecular complexity index is 1100. The van der Waals surface area contributed by atoms with Crippen LogP contribution in [0.5, 0.6) is 0 Å². The Balaban J connectivity index is 1.93. The van der Waals surface area contributed by atoms with Gasteiger partial charge in [-0.05, 0) is 38.5 Å². The molecule has 0 saturated heterocycles. The van der Waals surface area contributed by atoms with E-state index in [1.165, 1.54) is 6.92 Å². The lowest BCUT2D eigenvalue weighted by Gasteiger charge is -2.10. The smallest absolute Gasteiger partial charge is 0.341 e. The minimum atomic E-state index is -0.550. The summed E-state index contributed by atoms with van der Waals surface area (Å²) in [5.74, 6) is -0.206. The van der Waals surface area contributed by atoms with E-state index >= 15 is 0 Å². The number of para-hydroxylation sites is 2. The van der Waals surface area contributed by atoms with E-state index in [9.17, 15) is 14.4 Å². The number of esters is 1. The third-order valence-electron chi connectivity index (χ3n) is 4.55. The van der Waals surface area contributed by atoms with Gasteiger partial charge in [0.1, 0.15) is 17.4 Å². The molecule has 0 spiro atoms. The van der Waals surface area contributed by atoms with Gasteiger partial charge in [-0.1, -0.05) is 19.1 Å². The molecule has 152 valence electrons. The molecule has 0 bridgehead atoms. The summed E-state index contributed by atoms with van der Waals surface area (Å²) in [6.45, 7) is 7.07. The molecular weight excluding hydrogens is 390 g/mol. The Morgan fingerprint density at radius 3 is 2.59 bits per heavy atom. The second-order valence-electron chi connectivity index (χ2n) is 6.54. The topological polar surface area (TPSA) is 90.3 Å². The lowest BCUT2D eigenvalue weighted by Crippen LogP contribution is -2.21. The first-order chi connectivity index (χ1) is 13.9. The highest BCUT2D eigenvalue weighted by Gasteiger charge is 2.25. The number of thiophene rings is 1. The number of hydrogen-bond donors (Lipinski definition) is 1. The van der Waals surface area contributed by atoms with E-state index in [1.807, 2.05) is 35.8 Å². The van der Waals surface area contributed by atoms with Crippen LogP contribution in [0, 0.1) is 6.92 Å². The lowest BCUT2D eigenvalue weighted by atomic mass is 10.1. The summed E-state index contributed by atoms with van der Waals surface area (Å²) in [5.41, 5.74) is 2.47. The maximum absolute atomic E-state index is 12.8. The maximum Gasteiger partial charge on any atom is 0.341 e. The van der Waals surface area contributed by atoms with Gasteiger partial charge in [-0.15, -0.1) is 11.3 Å². The first kappa shape index (κ1) is 20.7. The van der Waals surface area contributed by atoms with Gasteiger partial charge in [0.25, 0.3) is 0 Å². The molecule has 2 heterocycles. The average Bonchev–Trinajstić information content (AvgIpc) is 3.19. The summed E-state index contributed by atoms with van der Waals surface area (Å²) < 4.78 is 6.98. The Hall–Kier alpha value is -3.00. The van der Waals surface area contributed by atoms with E-state index in [0.29, 0.717) is 21.9 Å². The SMILES string of the molecule is CCOC(=O)c1c(NC(=O)Cn2c(CC)nc3ccccc32)sc(C(C)=O)c1C. The van der Waals surface area contributed by atoms with Gasteiger partial charge in [-0.2, -0.15) is 0 Å². The van der Waals surface area contributed by atoms with Gasteiger partial charge < -0.3 is 14.6 Å². The van der Waals surface area contributed by atoms with E-state index in [-0.39, 0.29) is 30.4 Å². The summed E-state index contributed by atoms with van der Waals surface area (Å²) in [4.78, 5) is 42.2. The molecule has 2 aromatic heterocycles. The second kappa shape index (κ2) is 8.57. The zero-order chi connectivity index (χ0) is 21.1. The highest BCUT2D eigenvalue weighted by atomic mass is 32.1. The summed E-state index contributed by atoms with van der Waals surface area (Å²) in [5, 5.41) is 3.13. The fraction of sp³-hybridized carbons (Fsp3) is 0.333. The number of aromatic nitrogens is 2. The molecule has 0 saturated carbocycles. The summed E-state index contributed by atoms with van der Waals surface area (Å²) in [7, 11) is 0. The molecule has 0 radical (unpaired) electrons. The average molecular weight is 413 g/mol. The number of anilines is 1. The predicted molar refractivity (Wildman–Crippen MR) is 113 cm³/mol. The standard InChI is InChI=1S/C21H23N3O4S/c1-5-16-22-14-9-7-8-10-15(14)24(16)11-17(26)23-20-18(21(27)28-6-2)12(3)19(29-20)13(4)25/h7-10H,5-6,11H2,1-4H3,(H,23,26). The zero-order valence-electron chi connectivity index (χ0n) is 16.9. The van der Waals surface area contributed by atoms with Crippen LogP contribution in [-0.2, 0) is 22.5 Å². The number of imidazole rings is 1. The number of hydrogen-bond acceptors (Lipinski definition) is 6. The first-order valence-corrected chi connectivity index (χ1v) is 10.2. The van der Waals surface area contributed by atoms with Crippen molar-refractivity contribution in [1.82, 2.24) is 9.55 Å². The van der Waals surface area contributed by atoms with Gasteiger partial charge in [-0.3, -0.25) is 9.59 Å². The number of ether oxygens (including phenoxy) is 1. The molecule has 1 aromatic carbocycles. The van der Waals surface area contributed by atoms with Gasteiger partial charge in [0.05, 0.1) is 28.1 Å².